The molecule has 0 nitrogen and oxygen atoms in total. The highest BCUT2D eigenvalue weighted by Gasteiger charge is 2.20. The molecule has 0 amide bonds. The molecular weight excluding hydrogens is 761 g/mol. The first-order valence-corrected chi connectivity index (χ1v) is 26.6. The molecular formula is C58H76S2. The fourth-order valence-electron chi connectivity index (χ4n) is 9.27. The maximum atomic E-state index is 3.77. The topological polar surface area (TPSA) is 0 Å². The maximum Gasteiger partial charge on any atom is 0.0555 e. The lowest BCUT2D eigenvalue weighted by molar-refractivity contribution is 0.536. The second kappa shape index (κ2) is 26.9. The Hall–Kier alpha value is -3.30. The van der Waals surface area contributed by atoms with E-state index in [2.05, 4.69) is 98.2 Å². The molecule has 0 aliphatic rings. The molecule has 2 heterocycles. The number of hydrogen-bond acceptors (Lipinski definition) is 2. The number of hydrogen-bond donors (Lipinski definition) is 0. The SMILES string of the molecule is CCCCCCCCCCCCCCCCC#Cc1c2ccccc2cc2sc3c(sc4cc5ccccc5c(C#CCCCCCCCCCCCCCCCC)c43)c12. The predicted molar refractivity (Wildman–Crippen MR) is 273 cm³/mol. The fourth-order valence-corrected chi connectivity index (χ4v) is 12.1. The molecule has 0 atom stereocenters. The summed E-state index contributed by atoms with van der Waals surface area (Å²) in [4.78, 5) is 0. The van der Waals surface area contributed by atoms with Crippen LogP contribution in [0.1, 0.15) is 218 Å². The van der Waals surface area contributed by atoms with Gasteiger partial charge in [-0.1, -0.05) is 253 Å². The van der Waals surface area contributed by atoms with Crippen molar-refractivity contribution < 1.29 is 0 Å². The van der Waals surface area contributed by atoms with Gasteiger partial charge in [-0.3, -0.25) is 0 Å². The Morgan fingerprint density at radius 3 is 1.00 bits per heavy atom. The predicted octanol–water partition coefficient (Wildman–Crippen LogP) is 20.0. The van der Waals surface area contributed by atoms with Crippen molar-refractivity contribution in [1.82, 2.24) is 0 Å². The minimum absolute atomic E-state index is 0.979. The van der Waals surface area contributed by atoms with Gasteiger partial charge in [0.2, 0.25) is 0 Å². The van der Waals surface area contributed by atoms with Crippen molar-refractivity contribution in [2.24, 2.45) is 0 Å². The highest BCUT2D eigenvalue weighted by Crippen LogP contribution is 2.49. The van der Waals surface area contributed by atoms with Gasteiger partial charge in [-0.15, -0.1) is 22.7 Å². The number of unbranched alkanes of at least 4 members (excludes halogenated alkanes) is 28. The van der Waals surface area contributed by atoms with E-state index in [0.717, 1.165) is 12.8 Å². The van der Waals surface area contributed by atoms with Gasteiger partial charge in [-0.05, 0) is 46.5 Å². The fraction of sp³-hybridized carbons (Fsp3) is 0.552. The second-order valence-corrected chi connectivity index (χ2v) is 20.0. The molecule has 0 bridgehead atoms. The Balaban J connectivity index is 1.06. The number of benzene rings is 4. The molecule has 0 saturated carbocycles. The molecule has 4 aromatic carbocycles. The number of rotatable bonds is 28. The zero-order valence-corrected chi connectivity index (χ0v) is 39.4. The van der Waals surface area contributed by atoms with Crippen molar-refractivity contribution in [2.75, 3.05) is 0 Å². The zero-order valence-electron chi connectivity index (χ0n) is 37.8. The van der Waals surface area contributed by atoms with Crippen molar-refractivity contribution in [1.29, 1.82) is 0 Å². The van der Waals surface area contributed by atoms with Gasteiger partial charge in [0, 0.05) is 44.1 Å². The normalized spacial score (nSPS) is 11.6. The zero-order chi connectivity index (χ0) is 41.5. The smallest absolute Gasteiger partial charge is 0.0555 e. The van der Waals surface area contributed by atoms with E-state index < -0.39 is 0 Å². The third kappa shape index (κ3) is 13.9. The summed E-state index contributed by atoms with van der Waals surface area (Å²) in [5.41, 5.74) is 2.45. The number of thiophene rings is 2. The van der Waals surface area contributed by atoms with Crippen LogP contribution in [-0.2, 0) is 0 Å². The van der Waals surface area contributed by atoms with Crippen molar-refractivity contribution in [3.05, 3.63) is 71.8 Å². The van der Waals surface area contributed by atoms with Crippen LogP contribution in [0.25, 0.3) is 51.1 Å². The lowest BCUT2D eigenvalue weighted by Gasteiger charge is -2.04. The Kier molecular flexibility index (Phi) is 20.7. The van der Waals surface area contributed by atoms with Gasteiger partial charge in [0.25, 0.3) is 0 Å². The first-order valence-electron chi connectivity index (χ1n) is 25.0. The van der Waals surface area contributed by atoms with Gasteiger partial charge in [0.05, 0.1) is 9.40 Å². The Bertz CT molecular complexity index is 2130. The van der Waals surface area contributed by atoms with Crippen molar-refractivity contribution >= 4 is 73.8 Å². The van der Waals surface area contributed by atoms with Crippen LogP contribution in [0.2, 0.25) is 0 Å². The van der Waals surface area contributed by atoms with Gasteiger partial charge >= 0.3 is 0 Å². The Morgan fingerprint density at radius 1 is 0.367 bits per heavy atom. The van der Waals surface area contributed by atoms with E-state index >= 15 is 0 Å². The van der Waals surface area contributed by atoms with Gasteiger partial charge in [-0.25, -0.2) is 0 Å². The van der Waals surface area contributed by atoms with Crippen LogP contribution in [0, 0.1) is 23.7 Å². The highest BCUT2D eigenvalue weighted by atomic mass is 32.1. The van der Waals surface area contributed by atoms with E-state index in [-0.39, 0.29) is 0 Å². The van der Waals surface area contributed by atoms with Crippen LogP contribution in [0.15, 0.2) is 60.7 Å². The summed E-state index contributed by atoms with van der Waals surface area (Å²) in [6, 6.07) is 22.6. The minimum Gasteiger partial charge on any atom is -0.133 e. The first-order chi connectivity index (χ1) is 29.8. The summed E-state index contributed by atoms with van der Waals surface area (Å²) < 4.78 is 5.49. The molecule has 0 radical (unpaired) electrons. The van der Waals surface area contributed by atoms with Crippen molar-refractivity contribution in [3.63, 3.8) is 0 Å². The van der Waals surface area contributed by atoms with E-state index in [1.54, 1.807) is 0 Å². The third-order valence-electron chi connectivity index (χ3n) is 12.8. The van der Waals surface area contributed by atoms with Crippen LogP contribution in [0.3, 0.4) is 0 Å². The van der Waals surface area contributed by atoms with E-state index in [9.17, 15) is 0 Å². The van der Waals surface area contributed by atoms with Crippen LogP contribution in [0.4, 0.5) is 0 Å². The van der Waals surface area contributed by atoms with E-state index in [0.29, 0.717) is 0 Å². The third-order valence-corrected chi connectivity index (χ3v) is 15.3. The maximum absolute atomic E-state index is 3.77. The van der Waals surface area contributed by atoms with E-state index in [1.165, 1.54) is 242 Å². The van der Waals surface area contributed by atoms with Gasteiger partial charge in [0.15, 0.2) is 0 Å². The summed E-state index contributed by atoms with van der Waals surface area (Å²) in [5, 5.41) is 7.87. The molecule has 6 rings (SSSR count). The molecule has 0 saturated heterocycles. The summed E-state index contributed by atoms with van der Waals surface area (Å²) in [6.45, 7) is 4.61. The first kappa shape index (κ1) is 46.2. The van der Waals surface area contributed by atoms with Crippen LogP contribution >= 0.6 is 22.7 Å². The lowest BCUT2D eigenvalue weighted by atomic mass is 9.99. The van der Waals surface area contributed by atoms with Gasteiger partial charge in [0.1, 0.15) is 0 Å². The van der Waals surface area contributed by atoms with E-state index in [4.69, 9.17) is 0 Å². The van der Waals surface area contributed by atoms with Crippen LogP contribution < -0.4 is 0 Å². The average molecular weight is 837 g/mol. The molecule has 2 heteroatoms. The van der Waals surface area contributed by atoms with Crippen LogP contribution in [-0.4, -0.2) is 0 Å². The molecule has 320 valence electrons. The minimum atomic E-state index is 0.979. The quantitative estimate of drug-likeness (QED) is 0.0341. The standard InChI is InChI=1S/C58H76S2/c1-3-5-7-9-11-13-15-17-19-21-23-25-27-29-31-33-43-51-49-41-37-35-39-47(49)45-53-55(51)57-58(59-53)56-52(50-42-38-36-40-48(50)46-54(56)60-57)44-34-32-30-28-26-24-22-20-18-16-14-12-10-8-6-4-2/h35-42,45-46H,3-32H2,1-2H3. The van der Waals surface area contributed by atoms with Crippen molar-refractivity contribution in [2.45, 2.75) is 206 Å². The molecule has 6 aromatic rings. The highest BCUT2D eigenvalue weighted by molar-refractivity contribution is 7.36. The van der Waals surface area contributed by atoms with Crippen molar-refractivity contribution in [3.8, 4) is 23.7 Å². The Labute approximate surface area is 373 Å². The van der Waals surface area contributed by atoms with Gasteiger partial charge < -0.3 is 0 Å². The molecule has 0 spiro atoms. The largest absolute Gasteiger partial charge is 0.133 e. The summed E-state index contributed by atoms with van der Waals surface area (Å²) >= 11 is 3.91. The summed E-state index contributed by atoms with van der Waals surface area (Å²) in [6.07, 6.45) is 40.9. The summed E-state index contributed by atoms with van der Waals surface area (Å²) in [7, 11) is 0. The Morgan fingerprint density at radius 2 is 0.667 bits per heavy atom. The second-order valence-electron chi connectivity index (χ2n) is 17.8. The van der Waals surface area contributed by atoms with E-state index in [1.807, 2.05) is 22.7 Å². The van der Waals surface area contributed by atoms with Crippen LogP contribution in [0.5, 0.6) is 0 Å². The monoisotopic (exact) mass is 837 g/mol. The molecule has 60 heavy (non-hydrogen) atoms. The average Bonchev–Trinajstić information content (AvgIpc) is 3.80. The van der Waals surface area contributed by atoms with Gasteiger partial charge in [-0.2, -0.15) is 0 Å². The molecule has 0 fully saturated rings. The lowest BCUT2D eigenvalue weighted by Crippen LogP contribution is -1.83. The summed E-state index contributed by atoms with van der Waals surface area (Å²) in [5.74, 6) is 14.9. The molecule has 0 aliphatic carbocycles. The molecule has 2 aromatic heterocycles. The molecule has 0 aliphatic heterocycles. The number of fused-ring (bicyclic) bond motifs is 7. The molecule has 0 N–H and O–H groups in total. The molecule has 0 unspecified atom stereocenters.